The van der Waals surface area contributed by atoms with Crippen LogP contribution in [0.4, 0.5) is 11.5 Å². The molecule has 8 nitrogen and oxygen atoms in total. The number of aromatic nitrogens is 4. The van der Waals surface area contributed by atoms with E-state index in [4.69, 9.17) is 9.47 Å². The van der Waals surface area contributed by atoms with Gasteiger partial charge in [0.15, 0.2) is 11.6 Å². The summed E-state index contributed by atoms with van der Waals surface area (Å²) in [4.78, 5) is 8.79. The molecule has 0 saturated heterocycles. The number of aryl methyl sites for hydroxylation is 1. The van der Waals surface area contributed by atoms with Gasteiger partial charge in [0.1, 0.15) is 28.5 Å². The standard InChI is InChI=1S/C30H23N5O3/c1-18-7-8-19(15-26(18)36)28-23-5-3-4-6-24(23)30(35-34-28)33-20-9-11-21(12-10-20)38-27-13-14-31-25-16-22(37-2)17-32-29(25)27/h3-17,36H,1-2H3,(H,33,35). The lowest BCUT2D eigenvalue weighted by Crippen LogP contribution is -1.99. The lowest BCUT2D eigenvalue weighted by atomic mass is 10.0. The summed E-state index contributed by atoms with van der Waals surface area (Å²) in [6, 6.07) is 24.6. The van der Waals surface area contributed by atoms with E-state index in [2.05, 4.69) is 25.5 Å². The highest BCUT2D eigenvalue weighted by Gasteiger charge is 2.13. The van der Waals surface area contributed by atoms with Gasteiger partial charge in [-0.05, 0) is 42.8 Å². The zero-order valence-corrected chi connectivity index (χ0v) is 20.7. The van der Waals surface area contributed by atoms with Gasteiger partial charge in [-0.1, -0.05) is 36.4 Å². The van der Waals surface area contributed by atoms with Crippen molar-refractivity contribution in [2.75, 3.05) is 12.4 Å². The first-order valence-electron chi connectivity index (χ1n) is 12.0. The third kappa shape index (κ3) is 4.39. The van der Waals surface area contributed by atoms with Gasteiger partial charge in [-0.3, -0.25) is 4.98 Å². The maximum Gasteiger partial charge on any atom is 0.161 e. The fraction of sp³-hybridized carbons (Fsp3) is 0.0667. The first kappa shape index (κ1) is 23.2. The Hall–Kier alpha value is -5.24. The van der Waals surface area contributed by atoms with Crippen molar-refractivity contribution >= 4 is 33.3 Å². The summed E-state index contributed by atoms with van der Waals surface area (Å²) >= 11 is 0. The molecular formula is C30H23N5O3. The quantitative estimate of drug-likeness (QED) is 0.257. The predicted octanol–water partition coefficient (Wildman–Crippen LogP) is 6.80. The van der Waals surface area contributed by atoms with Crippen molar-refractivity contribution in [3.8, 4) is 34.3 Å². The van der Waals surface area contributed by atoms with Crippen molar-refractivity contribution in [2.45, 2.75) is 6.92 Å². The zero-order chi connectivity index (χ0) is 26.1. The number of phenolic OH excluding ortho intramolecular Hbond substituents is 1. The van der Waals surface area contributed by atoms with Crippen molar-refractivity contribution in [1.82, 2.24) is 20.2 Å². The number of hydrogen-bond donors (Lipinski definition) is 2. The molecule has 0 amide bonds. The molecule has 0 fully saturated rings. The lowest BCUT2D eigenvalue weighted by molar-refractivity contribution is 0.413. The predicted molar refractivity (Wildman–Crippen MR) is 147 cm³/mol. The Labute approximate surface area is 218 Å². The van der Waals surface area contributed by atoms with Crippen LogP contribution in [0.15, 0.2) is 91.3 Å². The summed E-state index contributed by atoms with van der Waals surface area (Å²) in [6.45, 7) is 1.86. The maximum absolute atomic E-state index is 10.2. The number of rotatable bonds is 6. The second kappa shape index (κ2) is 9.67. The number of benzene rings is 3. The average molecular weight is 502 g/mol. The zero-order valence-electron chi connectivity index (χ0n) is 20.7. The minimum atomic E-state index is 0.230. The summed E-state index contributed by atoms with van der Waals surface area (Å²) in [5.41, 5.74) is 4.50. The molecule has 3 heterocycles. The summed E-state index contributed by atoms with van der Waals surface area (Å²) < 4.78 is 11.3. The van der Waals surface area contributed by atoms with Crippen molar-refractivity contribution in [3.05, 3.63) is 96.8 Å². The van der Waals surface area contributed by atoms with Gasteiger partial charge in [0.2, 0.25) is 0 Å². The molecule has 0 radical (unpaired) electrons. The third-order valence-electron chi connectivity index (χ3n) is 6.27. The number of hydrogen-bond acceptors (Lipinski definition) is 8. The number of nitrogens with zero attached hydrogens (tertiary/aromatic N) is 4. The SMILES string of the molecule is COc1cnc2c(Oc3ccc(Nc4nnc(-c5ccc(C)c(O)c5)c5ccccc45)cc3)ccnc2c1. The van der Waals surface area contributed by atoms with Gasteiger partial charge in [0.05, 0.1) is 18.8 Å². The van der Waals surface area contributed by atoms with Crippen LogP contribution in [0.25, 0.3) is 33.1 Å². The van der Waals surface area contributed by atoms with E-state index in [9.17, 15) is 5.11 Å². The molecule has 0 aliphatic heterocycles. The topological polar surface area (TPSA) is 102 Å². The van der Waals surface area contributed by atoms with E-state index >= 15 is 0 Å². The number of fused-ring (bicyclic) bond motifs is 2. The lowest BCUT2D eigenvalue weighted by Gasteiger charge is -2.13. The Bertz CT molecular complexity index is 1790. The molecule has 0 spiro atoms. The molecule has 0 atom stereocenters. The number of pyridine rings is 2. The van der Waals surface area contributed by atoms with E-state index in [-0.39, 0.29) is 5.75 Å². The van der Waals surface area contributed by atoms with Gasteiger partial charge in [0.25, 0.3) is 0 Å². The van der Waals surface area contributed by atoms with E-state index in [0.717, 1.165) is 27.6 Å². The largest absolute Gasteiger partial charge is 0.508 e. The van der Waals surface area contributed by atoms with Gasteiger partial charge >= 0.3 is 0 Å². The molecule has 0 unspecified atom stereocenters. The molecular weight excluding hydrogens is 478 g/mol. The summed E-state index contributed by atoms with van der Waals surface area (Å²) in [6.07, 6.45) is 3.32. The summed E-state index contributed by atoms with van der Waals surface area (Å²) in [5, 5.41) is 24.4. The highest BCUT2D eigenvalue weighted by molar-refractivity contribution is 6.01. The number of aromatic hydroxyl groups is 1. The second-order valence-corrected chi connectivity index (χ2v) is 8.75. The second-order valence-electron chi connectivity index (χ2n) is 8.75. The van der Waals surface area contributed by atoms with Crippen molar-refractivity contribution in [3.63, 3.8) is 0 Å². The fourth-order valence-corrected chi connectivity index (χ4v) is 4.22. The number of anilines is 2. The monoisotopic (exact) mass is 501 g/mol. The van der Waals surface area contributed by atoms with E-state index in [1.807, 2.05) is 73.7 Å². The molecule has 3 aromatic carbocycles. The molecule has 186 valence electrons. The van der Waals surface area contributed by atoms with Crippen molar-refractivity contribution in [1.29, 1.82) is 0 Å². The van der Waals surface area contributed by atoms with Crippen molar-refractivity contribution < 1.29 is 14.6 Å². The molecule has 0 aliphatic carbocycles. The molecule has 6 rings (SSSR count). The third-order valence-corrected chi connectivity index (χ3v) is 6.27. The number of methoxy groups -OCH3 is 1. The van der Waals surface area contributed by atoms with Crippen LogP contribution in [0.1, 0.15) is 5.56 Å². The molecule has 2 N–H and O–H groups in total. The Morgan fingerprint density at radius 3 is 2.42 bits per heavy atom. The minimum Gasteiger partial charge on any atom is -0.508 e. The van der Waals surface area contributed by atoms with Crippen LogP contribution < -0.4 is 14.8 Å². The normalized spacial score (nSPS) is 11.0. The van der Waals surface area contributed by atoms with Gasteiger partial charge in [0, 0.05) is 40.4 Å². The average Bonchev–Trinajstić information content (AvgIpc) is 2.95. The Morgan fingerprint density at radius 2 is 1.63 bits per heavy atom. The van der Waals surface area contributed by atoms with Gasteiger partial charge < -0.3 is 19.9 Å². The van der Waals surface area contributed by atoms with Crippen LogP contribution in [-0.4, -0.2) is 32.4 Å². The van der Waals surface area contributed by atoms with Crippen LogP contribution >= 0.6 is 0 Å². The van der Waals surface area contributed by atoms with Crippen molar-refractivity contribution in [2.24, 2.45) is 0 Å². The van der Waals surface area contributed by atoms with Crippen LogP contribution in [0.3, 0.4) is 0 Å². The van der Waals surface area contributed by atoms with Gasteiger partial charge in [-0.15, -0.1) is 10.2 Å². The molecule has 38 heavy (non-hydrogen) atoms. The van der Waals surface area contributed by atoms with Crippen LogP contribution in [0.5, 0.6) is 23.0 Å². The maximum atomic E-state index is 10.2. The van der Waals surface area contributed by atoms with E-state index in [0.29, 0.717) is 39.8 Å². The van der Waals surface area contributed by atoms with E-state index < -0.39 is 0 Å². The molecule has 0 bridgehead atoms. The number of nitrogens with one attached hydrogen (secondary N) is 1. The Kier molecular flexibility index (Phi) is 5.89. The molecule has 6 aromatic rings. The molecule has 8 heteroatoms. The minimum absolute atomic E-state index is 0.230. The van der Waals surface area contributed by atoms with Crippen LogP contribution in [0, 0.1) is 6.92 Å². The Balaban J connectivity index is 1.27. The van der Waals surface area contributed by atoms with Crippen LogP contribution in [0.2, 0.25) is 0 Å². The summed E-state index contributed by atoms with van der Waals surface area (Å²) in [7, 11) is 1.59. The van der Waals surface area contributed by atoms with Gasteiger partial charge in [-0.25, -0.2) is 4.98 Å². The van der Waals surface area contributed by atoms with E-state index in [1.54, 1.807) is 31.6 Å². The van der Waals surface area contributed by atoms with Crippen LogP contribution in [-0.2, 0) is 0 Å². The van der Waals surface area contributed by atoms with E-state index in [1.165, 1.54) is 0 Å². The highest BCUT2D eigenvalue weighted by Crippen LogP contribution is 2.34. The first-order chi connectivity index (χ1) is 18.6. The molecule has 0 saturated carbocycles. The molecule has 3 aromatic heterocycles. The highest BCUT2D eigenvalue weighted by atomic mass is 16.5. The smallest absolute Gasteiger partial charge is 0.161 e. The molecule has 0 aliphatic rings. The first-order valence-corrected chi connectivity index (χ1v) is 12.0. The Morgan fingerprint density at radius 1 is 0.816 bits per heavy atom. The van der Waals surface area contributed by atoms with Gasteiger partial charge in [-0.2, -0.15) is 0 Å². The summed E-state index contributed by atoms with van der Waals surface area (Å²) in [5.74, 6) is 2.76. The number of ether oxygens (including phenoxy) is 2. The fourth-order valence-electron chi connectivity index (χ4n) is 4.22. The number of phenols is 1.